The highest BCUT2D eigenvalue weighted by Gasteiger charge is 2.03. The first-order valence-corrected chi connectivity index (χ1v) is 9.10. The molecule has 5 nitrogen and oxygen atoms in total. The van der Waals surface area contributed by atoms with E-state index in [2.05, 4.69) is 15.3 Å². The summed E-state index contributed by atoms with van der Waals surface area (Å²) < 4.78 is 7.90. The van der Waals surface area contributed by atoms with Crippen molar-refractivity contribution in [2.24, 2.45) is 5.10 Å². The molecule has 8 heteroatoms. The van der Waals surface area contributed by atoms with Gasteiger partial charge in [-0.05, 0) is 47.6 Å². The number of rotatable bonds is 6. The number of hydrogen-bond acceptors (Lipinski definition) is 4. The molecule has 2 aromatic carbocycles. The minimum absolute atomic E-state index is 0.393. The topological polar surface area (TPSA) is 55.2 Å². The molecule has 0 amide bonds. The summed E-state index contributed by atoms with van der Waals surface area (Å²) in [5.41, 5.74) is 1.83. The van der Waals surface area contributed by atoms with Gasteiger partial charge in [0, 0.05) is 6.42 Å². The van der Waals surface area contributed by atoms with Crippen molar-refractivity contribution in [1.82, 2.24) is 14.9 Å². The Morgan fingerprint density at radius 3 is 2.85 bits per heavy atom. The number of aromatic nitrogens is 3. The molecule has 0 aliphatic heterocycles. The van der Waals surface area contributed by atoms with Crippen molar-refractivity contribution in [2.75, 3.05) is 0 Å². The molecule has 0 radical (unpaired) electrons. The molecule has 3 aromatic rings. The normalized spacial score (nSPS) is 11.2. The van der Waals surface area contributed by atoms with Crippen LogP contribution in [0.4, 0.5) is 0 Å². The number of ether oxygens (including phenoxy) is 1. The lowest BCUT2D eigenvalue weighted by Crippen LogP contribution is -1.98. The van der Waals surface area contributed by atoms with Gasteiger partial charge in [-0.2, -0.15) is 14.9 Å². The van der Waals surface area contributed by atoms with Crippen molar-refractivity contribution >= 4 is 41.6 Å². The maximum atomic E-state index is 6.02. The molecule has 0 bridgehead atoms. The monoisotopic (exact) mass is 406 g/mol. The van der Waals surface area contributed by atoms with Crippen LogP contribution in [0.2, 0.25) is 10.0 Å². The summed E-state index contributed by atoms with van der Waals surface area (Å²) in [6, 6.07) is 13.1. The van der Waals surface area contributed by atoms with Crippen molar-refractivity contribution in [3.05, 3.63) is 74.2 Å². The molecule has 1 N–H and O–H groups in total. The van der Waals surface area contributed by atoms with Crippen molar-refractivity contribution in [3.63, 3.8) is 0 Å². The van der Waals surface area contributed by atoms with Gasteiger partial charge in [0.15, 0.2) is 5.82 Å². The van der Waals surface area contributed by atoms with Gasteiger partial charge in [-0.25, -0.2) is 0 Å². The quantitative estimate of drug-likeness (QED) is 0.447. The lowest BCUT2D eigenvalue weighted by atomic mass is 10.2. The Morgan fingerprint density at radius 1 is 1.23 bits per heavy atom. The number of H-pyrrole nitrogens is 1. The minimum atomic E-state index is 0.393. The Kier molecular flexibility index (Phi) is 6.08. The molecule has 0 saturated heterocycles. The second kappa shape index (κ2) is 8.49. The highest BCUT2D eigenvalue weighted by molar-refractivity contribution is 7.71. The van der Waals surface area contributed by atoms with E-state index in [-0.39, 0.29) is 0 Å². The average Bonchev–Trinajstić information content (AvgIpc) is 3.01. The van der Waals surface area contributed by atoms with E-state index in [4.69, 9.17) is 40.2 Å². The Labute approximate surface area is 166 Å². The van der Waals surface area contributed by atoms with Crippen molar-refractivity contribution in [3.8, 4) is 5.75 Å². The molecule has 0 unspecified atom stereocenters. The second-order valence-electron chi connectivity index (χ2n) is 5.46. The number of nitrogens with zero attached hydrogens (tertiary/aromatic N) is 3. The van der Waals surface area contributed by atoms with Crippen LogP contribution in [0.1, 0.15) is 23.9 Å². The van der Waals surface area contributed by atoms with Crippen molar-refractivity contribution in [1.29, 1.82) is 0 Å². The molecule has 0 aliphatic carbocycles. The summed E-state index contributed by atoms with van der Waals surface area (Å²) in [6.45, 7) is 2.39. The fraction of sp³-hybridized carbons (Fsp3) is 0.167. The second-order valence-corrected chi connectivity index (χ2v) is 6.67. The van der Waals surface area contributed by atoms with E-state index in [9.17, 15) is 0 Å². The van der Waals surface area contributed by atoms with Crippen LogP contribution in [0.25, 0.3) is 0 Å². The van der Waals surface area contributed by atoms with E-state index in [0.29, 0.717) is 21.4 Å². The number of hydrogen-bond donors (Lipinski definition) is 1. The van der Waals surface area contributed by atoms with Gasteiger partial charge < -0.3 is 4.74 Å². The lowest BCUT2D eigenvalue weighted by molar-refractivity contribution is 0.306. The Morgan fingerprint density at radius 2 is 2.08 bits per heavy atom. The number of nitrogens with one attached hydrogen (secondary N) is 1. The smallest absolute Gasteiger partial charge is 0.216 e. The highest BCUT2D eigenvalue weighted by atomic mass is 35.5. The van der Waals surface area contributed by atoms with Gasteiger partial charge in [0.1, 0.15) is 12.4 Å². The molecular weight excluding hydrogens is 391 g/mol. The summed E-state index contributed by atoms with van der Waals surface area (Å²) in [7, 11) is 0. The van der Waals surface area contributed by atoms with Crippen LogP contribution in [0.5, 0.6) is 5.75 Å². The molecule has 0 atom stereocenters. The molecule has 0 aliphatic rings. The van der Waals surface area contributed by atoms with Crippen LogP contribution in [0.3, 0.4) is 0 Å². The molecule has 0 saturated carbocycles. The maximum absolute atomic E-state index is 6.02. The van der Waals surface area contributed by atoms with Crippen molar-refractivity contribution < 1.29 is 4.74 Å². The third-order valence-corrected chi connectivity index (χ3v) is 4.61. The summed E-state index contributed by atoms with van der Waals surface area (Å²) in [5.74, 6) is 1.50. The minimum Gasteiger partial charge on any atom is -0.489 e. The van der Waals surface area contributed by atoms with E-state index in [0.717, 1.165) is 29.1 Å². The molecule has 134 valence electrons. The van der Waals surface area contributed by atoms with Gasteiger partial charge in [0.25, 0.3) is 0 Å². The molecule has 1 heterocycles. The standard InChI is InChI=1S/C18H16Cl2N4OS/c1-2-17-22-23-18(26)24(17)21-10-12-4-3-5-14(8-12)25-11-13-6-7-15(19)16(20)9-13/h3-10H,2,11H2,1H3,(H,23,26)/b21-10+. The van der Waals surface area contributed by atoms with E-state index in [1.54, 1.807) is 23.0 Å². The van der Waals surface area contributed by atoms with Crippen LogP contribution in [0, 0.1) is 4.77 Å². The summed E-state index contributed by atoms with van der Waals surface area (Å²) in [4.78, 5) is 0. The maximum Gasteiger partial charge on any atom is 0.216 e. The van der Waals surface area contributed by atoms with E-state index in [1.165, 1.54) is 0 Å². The zero-order valence-electron chi connectivity index (χ0n) is 13.9. The van der Waals surface area contributed by atoms with Crippen LogP contribution < -0.4 is 4.74 Å². The Balaban J connectivity index is 1.71. The SMILES string of the molecule is CCc1n[nH]c(=S)n1/N=C/c1cccc(OCc2ccc(Cl)c(Cl)c2)c1. The first kappa shape index (κ1) is 18.6. The third kappa shape index (κ3) is 4.52. The first-order chi connectivity index (χ1) is 12.6. The predicted octanol–water partition coefficient (Wildman–Crippen LogP) is 5.27. The molecule has 1 aromatic heterocycles. The third-order valence-electron chi connectivity index (χ3n) is 3.60. The fourth-order valence-electron chi connectivity index (χ4n) is 2.28. The Hall–Kier alpha value is -2.15. The summed E-state index contributed by atoms with van der Waals surface area (Å²) in [6.07, 6.45) is 2.45. The van der Waals surface area contributed by atoms with Gasteiger partial charge in [0.2, 0.25) is 4.77 Å². The number of aromatic amines is 1. The number of benzene rings is 2. The molecule has 26 heavy (non-hydrogen) atoms. The number of halogens is 2. The van der Waals surface area contributed by atoms with Gasteiger partial charge in [-0.3, -0.25) is 5.10 Å². The van der Waals surface area contributed by atoms with Crippen LogP contribution in [0.15, 0.2) is 47.6 Å². The fourth-order valence-corrected chi connectivity index (χ4v) is 2.80. The van der Waals surface area contributed by atoms with Gasteiger partial charge in [0.05, 0.1) is 16.3 Å². The molecular formula is C18H16Cl2N4OS. The zero-order valence-corrected chi connectivity index (χ0v) is 16.3. The lowest BCUT2D eigenvalue weighted by Gasteiger charge is -2.08. The van der Waals surface area contributed by atoms with Gasteiger partial charge in [-0.15, -0.1) is 0 Å². The van der Waals surface area contributed by atoms with Crippen LogP contribution in [-0.2, 0) is 13.0 Å². The largest absolute Gasteiger partial charge is 0.489 e. The van der Waals surface area contributed by atoms with E-state index in [1.807, 2.05) is 37.3 Å². The molecule has 0 fully saturated rings. The predicted molar refractivity (Wildman–Crippen MR) is 107 cm³/mol. The average molecular weight is 407 g/mol. The Bertz CT molecular complexity index is 997. The highest BCUT2D eigenvalue weighted by Crippen LogP contribution is 2.23. The molecule has 3 rings (SSSR count). The van der Waals surface area contributed by atoms with E-state index >= 15 is 0 Å². The van der Waals surface area contributed by atoms with Gasteiger partial charge in [-0.1, -0.05) is 48.3 Å². The zero-order chi connectivity index (χ0) is 18.5. The van der Waals surface area contributed by atoms with Crippen LogP contribution >= 0.6 is 35.4 Å². The first-order valence-electron chi connectivity index (χ1n) is 7.94. The van der Waals surface area contributed by atoms with Gasteiger partial charge >= 0.3 is 0 Å². The summed E-state index contributed by atoms with van der Waals surface area (Å²) in [5, 5.41) is 12.3. The van der Waals surface area contributed by atoms with Crippen LogP contribution in [-0.4, -0.2) is 21.1 Å². The molecule has 0 spiro atoms. The number of aryl methyl sites for hydroxylation is 1. The van der Waals surface area contributed by atoms with Crippen molar-refractivity contribution in [2.45, 2.75) is 20.0 Å². The summed E-state index contributed by atoms with van der Waals surface area (Å²) >= 11 is 17.1. The van der Waals surface area contributed by atoms with E-state index < -0.39 is 0 Å².